The SMILES string of the molecule is CC1C2CC3CC1CC(C(=O)NO)(C3)C2. The van der Waals surface area contributed by atoms with Gasteiger partial charge in [-0.05, 0) is 55.8 Å². The average molecular weight is 209 g/mol. The highest BCUT2D eigenvalue weighted by Crippen LogP contribution is 2.62. The minimum Gasteiger partial charge on any atom is -0.289 e. The van der Waals surface area contributed by atoms with Gasteiger partial charge in [-0.25, -0.2) is 5.48 Å². The molecule has 0 aromatic heterocycles. The molecule has 15 heavy (non-hydrogen) atoms. The molecule has 0 aromatic carbocycles. The molecular formula is C12H19NO2. The third kappa shape index (κ3) is 1.19. The van der Waals surface area contributed by atoms with Gasteiger partial charge in [-0.2, -0.15) is 0 Å². The lowest BCUT2D eigenvalue weighted by atomic mass is 9.46. The van der Waals surface area contributed by atoms with E-state index in [2.05, 4.69) is 6.92 Å². The first-order chi connectivity index (χ1) is 7.14. The second-order valence-electron chi connectivity index (χ2n) is 6.05. The van der Waals surface area contributed by atoms with Crippen LogP contribution in [0.15, 0.2) is 0 Å². The van der Waals surface area contributed by atoms with E-state index in [4.69, 9.17) is 5.21 Å². The van der Waals surface area contributed by atoms with E-state index >= 15 is 0 Å². The standard InChI is InChI=1S/C12H19NO2/c1-7-9-2-8-3-10(7)6-12(4-8,5-9)11(14)13-15/h7-10,15H,2-6H2,1H3,(H,13,14). The van der Waals surface area contributed by atoms with E-state index in [-0.39, 0.29) is 11.3 Å². The summed E-state index contributed by atoms with van der Waals surface area (Å²) in [6.07, 6.45) is 5.66. The van der Waals surface area contributed by atoms with Crippen molar-refractivity contribution < 1.29 is 10.0 Å². The average Bonchev–Trinajstić information content (AvgIpc) is 2.23. The third-order valence-corrected chi connectivity index (χ3v) is 5.33. The number of rotatable bonds is 1. The molecule has 1 amide bonds. The molecule has 0 spiro atoms. The Bertz CT molecular complexity index is 286. The molecule has 0 aromatic rings. The van der Waals surface area contributed by atoms with Crippen molar-refractivity contribution in [3.63, 3.8) is 0 Å². The van der Waals surface area contributed by atoms with Crippen LogP contribution >= 0.6 is 0 Å². The topological polar surface area (TPSA) is 49.3 Å². The van der Waals surface area contributed by atoms with Gasteiger partial charge in [-0.3, -0.25) is 10.0 Å². The highest BCUT2D eigenvalue weighted by molar-refractivity contribution is 5.82. The zero-order valence-corrected chi connectivity index (χ0v) is 9.20. The van der Waals surface area contributed by atoms with Crippen LogP contribution in [-0.2, 0) is 4.79 Å². The van der Waals surface area contributed by atoms with E-state index in [0.29, 0.717) is 0 Å². The predicted molar refractivity (Wildman–Crippen MR) is 55.1 cm³/mol. The fourth-order valence-electron chi connectivity index (χ4n) is 4.67. The van der Waals surface area contributed by atoms with Crippen molar-refractivity contribution in [1.82, 2.24) is 5.48 Å². The summed E-state index contributed by atoms with van der Waals surface area (Å²) in [5.41, 5.74) is 1.69. The van der Waals surface area contributed by atoms with E-state index in [0.717, 1.165) is 42.9 Å². The van der Waals surface area contributed by atoms with E-state index in [1.54, 1.807) is 0 Å². The Morgan fingerprint density at radius 3 is 2.40 bits per heavy atom. The maximum atomic E-state index is 11.8. The molecule has 4 aliphatic carbocycles. The number of amides is 1. The van der Waals surface area contributed by atoms with Crippen LogP contribution < -0.4 is 5.48 Å². The molecule has 3 nitrogen and oxygen atoms in total. The summed E-state index contributed by atoms with van der Waals surface area (Å²) in [6.45, 7) is 2.34. The molecule has 4 fully saturated rings. The lowest BCUT2D eigenvalue weighted by Crippen LogP contribution is -2.55. The summed E-state index contributed by atoms with van der Waals surface area (Å²) in [6, 6.07) is 0. The quantitative estimate of drug-likeness (QED) is 0.512. The molecule has 0 heterocycles. The molecule has 0 aliphatic heterocycles. The minimum absolute atomic E-state index is 0.117. The highest BCUT2D eigenvalue weighted by Gasteiger charge is 2.57. The molecule has 0 saturated heterocycles. The van der Waals surface area contributed by atoms with Crippen molar-refractivity contribution in [2.75, 3.05) is 0 Å². The number of hydrogen-bond acceptors (Lipinski definition) is 2. The lowest BCUT2D eigenvalue weighted by molar-refractivity contribution is -0.160. The Morgan fingerprint density at radius 2 is 1.87 bits per heavy atom. The van der Waals surface area contributed by atoms with Crippen molar-refractivity contribution >= 4 is 5.91 Å². The first-order valence-electron chi connectivity index (χ1n) is 6.09. The van der Waals surface area contributed by atoms with E-state index in [1.165, 1.54) is 12.8 Å². The minimum atomic E-state index is -0.211. The fourth-order valence-corrected chi connectivity index (χ4v) is 4.67. The molecule has 2 N–H and O–H groups in total. The predicted octanol–water partition coefficient (Wildman–Crippen LogP) is 1.95. The highest BCUT2D eigenvalue weighted by atomic mass is 16.5. The maximum Gasteiger partial charge on any atom is 0.249 e. The van der Waals surface area contributed by atoms with E-state index in [9.17, 15) is 4.79 Å². The fraction of sp³-hybridized carbons (Fsp3) is 0.917. The summed E-state index contributed by atoms with van der Waals surface area (Å²) in [4.78, 5) is 11.8. The molecule has 2 atom stereocenters. The molecule has 4 saturated carbocycles. The first kappa shape index (κ1) is 9.64. The Morgan fingerprint density at radius 1 is 1.27 bits per heavy atom. The van der Waals surface area contributed by atoms with Crippen LogP contribution in [-0.4, -0.2) is 11.1 Å². The van der Waals surface area contributed by atoms with Crippen LogP contribution in [0.5, 0.6) is 0 Å². The Balaban J connectivity index is 1.92. The van der Waals surface area contributed by atoms with Gasteiger partial charge in [0.1, 0.15) is 0 Å². The number of nitrogens with one attached hydrogen (secondary N) is 1. The van der Waals surface area contributed by atoms with Crippen LogP contribution in [0.3, 0.4) is 0 Å². The monoisotopic (exact) mass is 209 g/mol. The van der Waals surface area contributed by atoms with Gasteiger partial charge in [-0.15, -0.1) is 0 Å². The van der Waals surface area contributed by atoms with Crippen molar-refractivity contribution in [1.29, 1.82) is 0 Å². The summed E-state index contributed by atoms with van der Waals surface area (Å²) in [5.74, 6) is 2.88. The van der Waals surface area contributed by atoms with Gasteiger partial charge in [-0.1, -0.05) is 6.92 Å². The second kappa shape index (κ2) is 2.97. The van der Waals surface area contributed by atoms with Crippen molar-refractivity contribution in [2.45, 2.75) is 39.0 Å². The molecule has 2 unspecified atom stereocenters. The van der Waals surface area contributed by atoms with Crippen LogP contribution in [0.25, 0.3) is 0 Å². The maximum absolute atomic E-state index is 11.8. The van der Waals surface area contributed by atoms with Gasteiger partial charge in [0.2, 0.25) is 5.91 Å². The van der Waals surface area contributed by atoms with E-state index in [1.807, 2.05) is 5.48 Å². The van der Waals surface area contributed by atoms with Gasteiger partial charge in [0.05, 0.1) is 5.41 Å². The second-order valence-corrected chi connectivity index (χ2v) is 6.05. The molecular weight excluding hydrogens is 190 g/mol. The molecule has 0 radical (unpaired) electrons. The molecule has 84 valence electrons. The van der Waals surface area contributed by atoms with E-state index < -0.39 is 0 Å². The molecule has 3 heteroatoms. The van der Waals surface area contributed by atoms with Crippen LogP contribution in [0, 0.1) is 29.1 Å². The number of hydrogen-bond donors (Lipinski definition) is 2. The van der Waals surface area contributed by atoms with Crippen molar-refractivity contribution in [3.05, 3.63) is 0 Å². The zero-order valence-electron chi connectivity index (χ0n) is 9.20. The molecule has 4 bridgehead atoms. The van der Waals surface area contributed by atoms with Crippen LogP contribution in [0.2, 0.25) is 0 Å². The lowest BCUT2D eigenvalue weighted by Gasteiger charge is -2.58. The first-order valence-corrected chi connectivity index (χ1v) is 6.09. The summed E-state index contributed by atoms with van der Waals surface area (Å²) in [5, 5.41) is 8.86. The number of carbonyl (C=O) groups excluding carboxylic acids is 1. The smallest absolute Gasteiger partial charge is 0.249 e. The molecule has 4 rings (SSSR count). The normalized spacial score (nSPS) is 51.9. The largest absolute Gasteiger partial charge is 0.289 e. The van der Waals surface area contributed by atoms with Gasteiger partial charge in [0.25, 0.3) is 0 Å². The van der Waals surface area contributed by atoms with Crippen molar-refractivity contribution in [2.24, 2.45) is 29.1 Å². The third-order valence-electron chi connectivity index (χ3n) is 5.33. The summed E-state index contributed by atoms with van der Waals surface area (Å²) >= 11 is 0. The summed E-state index contributed by atoms with van der Waals surface area (Å²) in [7, 11) is 0. The Labute approximate surface area is 90.2 Å². The Hall–Kier alpha value is -0.570. The van der Waals surface area contributed by atoms with Crippen molar-refractivity contribution in [3.8, 4) is 0 Å². The number of carbonyl (C=O) groups is 1. The van der Waals surface area contributed by atoms with Crippen LogP contribution in [0.4, 0.5) is 0 Å². The molecule has 4 aliphatic rings. The van der Waals surface area contributed by atoms with Gasteiger partial charge in [0, 0.05) is 0 Å². The summed E-state index contributed by atoms with van der Waals surface area (Å²) < 4.78 is 0. The zero-order chi connectivity index (χ0) is 10.6. The number of hydroxylamine groups is 1. The Kier molecular flexibility index (Phi) is 1.91. The van der Waals surface area contributed by atoms with Gasteiger partial charge >= 0.3 is 0 Å². The van der Waals surface area contributed by atoms with Gasteiger partial charge in [0.15, 0.2) is 0 Å². The van der Waals surface area contributed by atoms with Crippen LogP contribution in [0.1, 0.15) is 39.0 Å². The van der Waals surface area contributed by atoms with Gasteiger partial charge < -0.3 is 0 Å².